The number of aromatic amines is 1. The molecule has 0 unspecified atom stereocenters. The van der Waals surface area contributed by atoms with E-state index in [0.717, 1.165) is 13.3 Å². The fourth-order valence-corrected chi connectivity index (χ4v) is 1.24. The Hall–Kier alpha value is -2.51. The molecule has 0 atom stereocenters. The van der Waals surface area contributed by atoms with E-state index in [2.05, 4.69) is 15.2 Å². The number of carbonyl (C=O) groups is 1. The zero-order valence-electron chi connectivity index (χ0n) is 8.66. The summed E-state index contributed by atoms with van der Waals surface area (Å²) >= 11 is 0. The summed E-state index contributed by atoms with van der Waals surface area (Å²) < 4.78 is 1.44. The fraction of sp³-hybridized carbons (Fsp3) is 0. The molecular formula is C9H8BN5O2. The molecule has 0 bridgehead atoms. The van der Waals surface area contributed by atoms with Crippen LogP contribution in [0.1, 0.15) is 16.2 Å². The van der Waals surface area contributed by atoms with E-state index in [-0.39, 0.29) is 11.6 Å². The predicted octanol–water partition coefficient (Wildman–Crippen LogP) is 0.618. The van der Waals surface area contributed by atoms with Crippen molar-refractivity contribution in [1.29, 1.82) is 5.31 Å². The van der Waals surface area contributed by atoms with Gasteiger partial charge in [0.15, 0.2) is 0 Å². The molecule has 7 nitrogen and oxygen atoms in total. The van der Waals surface area contributed by atoms with E-state index in [1.165, 1.54) is 17.0 Å². The van der Waals surface area contributed by atoms with Crippen LogP contribution < -0.4 is 0 Å². The van der Waals surface area contributed by atoms with Crippen LogP contribution in [0, 0.1) is 5.31 Å². The summed E-state index contributed by atoms with van der Waals surface area (Å²) in [6, 6.07) is 1.59. The van der Waals surface area contributed by atoms with E-state index in [0.29, 0.717) is 5.56 Å². The van der Waals surface area contributed by atoms with Gasteiger partial charge >= 0.3 is 95.9 Å². The van der Waals surface area contributed by atoms with E-state index >= 15 is 0 Å². The molecule has 0 spiro atoms. The van der Waals surface area contributed by atoms with Gasteiger partial charge in [-0.3, -0.25) is 0 Å². The summed E-state index contributed by atoms with van der Waals surface area (Å²) in [5.74, 6) is -0.599. The summed E-state index contributed by atoms with van der Waals surface area (Å²) in [4.78, 5) is 15.2. The van der Waals surface area contributed by atoms with Crippen molar-refractivity contribution >= 4 is 18.7 Å². The number of hydrogen-bond acceptors (Lipinski definition) is 5. The number of hydrogen-bond donors (Lipinski definition) is 3. The Morgan fingerprint density at radius 2 is 2.47 bits per heavy atom. The molecule has 2 heterocycles. The molecular weight excluding hydrogens is 221 g/mol. The topological polar surface area (TPSA) is 108 Å². The van der Waals surface area contributed by atoms with Crippen molar-refractivity contribution in [2.75, 3.05) is 0 Å². The van der Waals surface area contributed by atoms with Gasteiger partial charge in [0.1, 0.15) is 0 Å². The Balaban J connectivity index is 2.22. The molecule has 2 aromatic rings. The molecule has 0 aliphatic rings. The number of aliphatic hydroxyl groups is 1. The van der Waals surface area contributed by atoms with E-state index in [9.17, 15) is 9.90 Å². The molecule has 17 heavy (non-hydrogen) atoms. The van der Waals surface area contributed by atoms with Crippen molar-refractivity contribution in [2.45, 2.75) is 0 Å². The van der Waals surface area contributed by atoms with Crippen molar-refractivity contribution < 1.29 is 9.90 Å². The minimum atomic E-state index is -0.470. The number of H-pyrrole nitrogens is 1. The number of aromatic nitrogens is 4. The maximum absolute atomic E-state index is 11.5. The van der Waals surface area contributed by atoms with E-state index in [4.69, 9.17) is 5.31 Å². The average Bonchev–Trinajstić information content (AvgIpc) is 3.00. The van der Waals surface area contributed by atoms with Gasteiger partial charge in [-0.2, -0.15) is 0 Å². The molecule has 8 heteroatoms. The van der Waals surface area contributed by atoms with Crippen LogP contribution in [0.4, 0.5) is 0 Å². The summed E-state index contributed by atoms with van der Waals surface area (Å²) in [5, 5.41) is 22.6. The van der Waals surface area contributed by atoms with Crippen LogP contribution in [0.3, 0.4) is 0 Å². The number of rotatable bonds is 4. The zero-order valence-corrected chi connectivity index (χ0v) is 8.66. The monoisotopic (exact) mass is 229 g/mol. The molecule has 0 saturated carbocycles. The van der Waals surface area contributed by atoms with Gasteiger partial charge in [-0.25, -0.2) is 0 Å². The van der Waals surface area contributed by atoms with Gasteiger partial charge in [-0.05, 0) is 0 Å². The van der Waals surface area contributed by atoms with Crippen LogP contribution >= 0.6 is 0 Å². The Morgan fingerprint density at radius 1 is 1.65 bits per heavy atom. The van der Waals surface area contributed by atoms with Gasteiger partial charge in [0.25, 0.3) is 0 Å². The van der Waals surface area contributed by atoms with Crippen molar-refractivity contribution in [1.82, 2.24) is 19.7 Å². The molecule has 0 radical (unpaired) electrons. The Labute approximate surface area is 96.6 Å². The van der Waals surface area contributed by atoms with Crippen molar-refractivity contribution in [3.8, 4) is 0 Å². The Morgan fingerprint density at radius 3 is 3.06 bits per heavy atom. The molecule has 2 aromatic heterocycles. The van der Waals surface area contributed by atoms with Crippen molar-refractivity contribution in [3.63, 3.8) is 0 Å². The third-order valence-electron chi connectivity index (χ3n) is 2.08. The fourth-order valence-electron chi connectivity index (χ4n) is 1.24. The summed E-state index contributed by atoms with van der Waals surface area (Å²) in [6.45, 7) is 0. The van der Waals surface area contributed by atoms with Crippen LogP contribution in [-0.2, 0) is 0 Å². The van der Waals surface area contributed by atoms with Crippen LogP contribution in [0.25, 0.3) is 5.76 Å². The molecule has 0 aromatic carbocycles. The molecule has 0 saturated heterocycles. The van der Waals surface area contributed by atoms with Gasteiger partial charge in [0, 0.05) is 0 Å². The Kier molecular flexibility index (Phi) is 2.95. The van der Waals surface area contributed by atoms with Crippen molar-refractivity contribution in [2.24, 2.45) is 0 Å². The van der Waals surface area contributed by atoms with Gasteiger partial charge in [-0.15, -0.1) is 0 Å². The standard InChI is InChI=1S/C9H8BN5O2/c11-10-15-2-1-6(4-15)7(16)3-8(17)9-12-5-13-14-9/h1-5,11,16H,(H,12,13,14)/b7-3-. The molecule has 0 amide bonds. The van der Waals surface area contributed by atoms with E-state index in [1.54, 1.807) is 12.3 Å². The summed E-state index contributed by atoms with van der Waals surface area (Å²) in [7, 11) is 1.08. The number of ketones is 1. The third kappa shape index (κ3) is 2.36. The number of carbonyl (C=O) groups excluding carboxylic acids is 1. The first-order valence-corrected chi connectivity index (χ1v) is 4.69. The Bertz CT molecular complexity index is 572. The SMILES string of the molecule is N=Bn1ccc(/C(O)=C/C(=O)c2ncn[nH]2)c1. The maximum atomic E-state index is 11.5. The first kappa shape index (κ1) is 11.0. The van der Waals surface area contributed by atoms with Gasteiger partial charge < -0.3 is 0 Å². The van der Waals surface area contributed by atoms with E-state index < -0.39 is 5.78 Å². The van der Waals surface area contributed by atoms with Crippen LogP contribution in [0.15, 0.2) is 30.9 Å². The van der Waals surface area contributed by atoms with Crippen LogP contribution in [-0.4, -0.2) is 37.8 Å². The normalized spacial score (nSPS) is 11.2. The minimum absolute atomic E-state index is 0.0584. The second kappa shape index (κ2) is 4.56. The zero-order chi connectivity index (χ0) is 12.3. The number of allylic oxidation sites excluding steroid dienone is 1. The molecule has 84 valence electrons. The molecule has 0 aliphatic carbocycles. The third-order valence-corrected chi connectivity index (χ3v) is 2.08. The number of nitrogens with zero attached hydrogens (tertiary/aromatic N) is 3. The average molecular weight is 229 g/mol. The van der Waals surface area contributed by atoms with Gasteiger partial charge in [0.05, 0.1) is 0 Å². The molecule has 0 aliphatic heterocycles. The first-order chi connectivity index (χ1) is 8.20. The van der Waals surface area contributed by atoms with Crippen molar-refractivity contribution in [3.05, 3.63) is 42.3 Å². The van der Waals surface area contributed by atoms with Crippen LogP contribution in [0.2, 0.25) is 0 Å². The van der Waals surface area contributed by atoms with Gasteiger partial charge in [-0.1, -0.05) is 0 Å². The van der Waals surface area contributed by atoms with Gasteiger partial charge in [0.2, 0.25) is 0 Å². The molecule has 2 rings (SSSR count). The molecule has 0 fully saturated rings. The number of nitrogens with one attached hydrogen (secondary N) is 2. The second-order valence-corrected chi connectivity index (χ2v) is 3.20. The van der Waals surface area contributed by atoms with Crippen LogP contribution in [0.5, 0.6) is 0 Å². The second-order valence-electron chi connectivity index (χ2n) is 3.20. The summed E-state index contributed by atoms with van der Waals surface area (Å²) in [5.41, 5.74) is 0.446. The summed E-state index contributed by atoms with van der Waals surface area (Å²) in [6.07, 6.45) is 5.37. The quantitative estimate of drug-likeness (QED) is 0.309. The number of aliphatic hydroxyl groups excluding tert-OH is 1. The molecule has 3 N–H and O–H groups in total. The van der Waals surface area contributed by atoms with E-state index in [1.807, 2.05) is 0 Å². The predicted molar refractivity (Wildman–Crippen MR) is 59.6 cm³/mol. The first-order valence-electron chi connectivity index (χ1n) is 4.69.